The first-order chi connectivity index (χ1) is 14.1. The second kappa shape index (κ2) is 8.87. The molecule has 1 heterocycles. The lowest BCUT2D eigenvalue weighted by molar-refractivity contribution is -0.384. The van der Waals surface area contributed by atoms with E-state index in [1.54, 1.807) is 29.2 Å². The molecule has 0 unspecified atom stereocenters. The number of nitro benzene ring substituents is 1. The second-order valence-corrected chi connectivity index (χ2v) is 7.44. The first-order valence-electron chi connectivity index (χ1n) is 9.23. The van der Waals surface area contributed by atoms with Gasteiger partial charge in [-0.15, -0.1) is 0 Å². The van der Waals surface area contributed by atoms with Crippen molar-refractivity contribution in [2.45, 2.75) is 19.0 Å². The minimum Gasteiger partial charge on any atom is -0.371 e. The zero-order valence-corrected chi connectivity index (χ0v) is 16.5. The molecule has 30 heavy (non-hydrogen) atoms. The van der Waals surface area contributed by atoms with E-state index in [4.69, 9.17) is 11.6 Å². The van der Waals surface area contributed by atoms with E-state index in [0.29, 0.717) is 21.8 Å². The molecule has 0 aliphatic carbocycles. The van der Waals surface area contributed by atoms with Crippen LogP contribution >= 0.6 is 11.6 Å². The molecule has 2 aromatic carbocycles. The molecule has 0 aromatic heterocycles. The minimum absolute atomic E-state index is 0.0483. The van der Waals surface area contributed by atoms with Crippen molar-refractivity contribution < 1.29 is 22.9 Å². The summed E-state index contributed by atoms with van der Waals surface area (Å²) in [5.74, 6) is -1.67. The number of allylic oxidation sites excluding steroid dienone is 1. The van der Waals surface area contributed by atoms with E-state index in [2.05, 4.69) is 0 Å². The molecule has 0 bridgehead atoms. The van der Waals surface area contributed by atoms with Crippen LogP contribution in [0.2, 0.25) is 5.02 Å². The Kier molecular flexibility index (Phi) is 6.45. The van der Waals surface area contributed by atoms with E-state index in [0.717, 1.165) is 0 Å². The van der Waals surface area contributed by atoms with Crippen LogP contribution in [0.25, 0.3) is 6.08 Å². The fourth-order valence-electron chi connectivity index (χ4n) is 3.40. The Balaban J connectivity index is 1.85. The predicted octanol–water partition coefficient (Wildman–Crippen LogP) is 5.92. The largest absolute Gasteiger partial charge is 0.391 e. The lowest BCUT2D eigenvalue weighted by Crippen LogP contribution is -2.39. The Morgan fingerprint density at radius 3 is 2.33 bits per heavy atom. The number of non-ortho nitro benzene ring substituents is 1. The summed E-state index contributed by atoms with van der Waals surface area (Å²) in [6.45, 7) is 0.349. The quantitative estimate of drug-likeness (QED) is 0.251. The van der Waals surface area contributed by atoms with Gasteiger partial charge in [0.2, 0.25) is 0 Å². The van der Waals surface area contributed by atoms with Crippen LogP contribution in [0.4, 0.5) is 24.5 Å². The Bertz CT molecular complexity index is 966. The SMILES string of the molecule is O=C(C=Cc1cc([N+](=O)[O-])ccc1N1CCC(C(F)(F)F)CC1)c1ccc(Cl)cc1. The van der Waals surface area contributed by atoms with E-state index in [1.165, 1.54) is 30.4 Å². The molecule has 1 fully saturated rings. The Labute approximate surface area is 175 Å². The molecule has 1 saturated heterocycles. The zero-order valence-electron chi connectivity index (χ0n) is 15.7. The monoisotopic (exact) mass is 438 g/mol. The number of nitro groups is 1. The number of alkyl halides is 3. The lowest BCUT2D eigenvalue weighted by atomic mass is 9.95. The van der Waals surface area contributed by atoms with Crippen molar-refractivity contribution in [2.75, 3.05) is 18.0 Å². The molecule has 1 aliphatic heterocycles. The number of carbonyl (C=O) groups is 1. The number of rotatable bonds is 5. The highest BCUT2D eigenvalue weighted by molar-refractivity contribution is 6.30. The van der Waals surface area contributed by atoms with Crippen molar-refractivity contribution >= 4 is 34.8 Å². The molecule has 0 amide bonds. The van der Waals surface area contributed by atoms with Crippen molar-refractivity contribution in [3.8, 4) is 0 Å². The highest BCUT2D eigenvalue weighted by Gasteiger charge is 2.41. The summed E-state index contributed by atoms with van der Waals surface area (Å²) >= 11 is 5.81. The van der Waals surface area contributed by atoms with Crippen LogP contribution in [0, 0.1) is 16.0 Å². The fourth-order valence-corrected chi connectivity index (χ4v) is 3.53. The first-order valence-corrected chi connectivity index (χ1v) is 9.61. The van der Waals surface area contributed by atoms with E-state index in [-0.39, 0.29) is 37.4 Å². The molecule has 0 N–H and O–H groups in total. The zero-order chi connectivity index (χ0) is 21.9. The van der Waals surface area contributed by atoms with E-state index in [1.807, 2.05) is 0 Å². The van der Waals surface area contributed by atoms with Crippen LogP contribution in [0.5, 0.6) is 0 Å². The first kappa shape index (κ1) is 21.8. The Hall–Kier alpha value is -2.87. The molecule has 0 saturated carbocycles. The van der Waals surface area contributed by atoms with Gasteiger partial charge in [0, 0.05) is 47.1 Å². The average Bonchev–Trinajstić information content (AvgIpc) is 2.71. The van der Waals surface area contributed by atoms with Gasteiger partial charge in [0.15, 0.2) is 5.78 Å². The van der Waals surface area contributed by atoms with Crippen LogP contribution in [0.1, 0.15) is 28.8 Å². The normalized spacial score (nSPS) is 15.5. The standard InChI is InChI=1S/C21H18ClF3N2O3/c22-17-4-1-14(2-5-17)20(28)8-3-15-13-18(27(29)30)6-7-19(15)26-11-9-16(10-12-26)21(23,24)25/h1-8,13,16H,9-12H2. The number of hydrogen-bond acceptors (Lipinski definition) is 4. The summed E-state index contributed by atoms with van der Waals surface area (Å²) in [5, 5.41) is 11.6. The van der Waals surface area contributed by atoms with Crippen molar-refractivity contribution in [1.82, 2.24) is 0 Å². The second-order valence-electron chi connectivity index (χ2n) is 7.01. The van der Waals surface area contributed by atoms with Crippen LogP contribution < -0.4 is 4.90 Å². The molecule has 5 nitrogen and oxygen atoms in total. The topological polar surface area (TPSA) is 63.4 Å². The maximum absolute atomic E-state index is 12.9. The number of halogens is 4. The van der Waals surface area contributed by atoms with E-state index in [9.17, 15) is 28.1 Å². The molecular weight excluding hydrogens is 421 g/mol. The van der Waals surface area contributed by atoms with Gasteiger partial charge in [-0.3, -0.25) is 14.9 Å². The van der Waals surface area contributed by atoms with Gasteiger partial charge in [0.25, 0.3) is 5.69 Å². The van der Waals surface area contributed by atoms with Gasteiger partial charge in [0.1, 0.15) is 0 Å². The maximum atomic E-state index is 12.9. The van der Waals surface area contributed by atoms with Gasteiger partial charge in [-0.05, 0) is 55.3 Å². The number of nitrogens with zero attached hydrogens (tertiary/aromatic N) is 2. The van der Waals surface area contributed by atoms with Crippen LogP contribution in [-0.4, -0.2) is 30.0 Å². The molecule has 0 atom stereocenters. The van der Waals surface area contributed by atoms with Gasteiger partial charge in [0.05, 0.1) is 10.8 Å². The molecule has 0 radical (unpaired) electrons. The number of piperidine rings is 1. The Morgan fingerprint density at radius 1 is 1.13 bits per heavy atom. The van der Waals surface area contributed by atoms with E-state index < -0.39 is 17.0 Å². The smallest absolute Gasteiger partial charge is 0.371 e. The van der Waals surface area contributed by atoms with Gasteiger partial charge < -0.3 is 4.90 Å². The predicted molar refractivity (Wildman–Crippen MR) is 109 cm³/mol. The fraction of sp³-hybridized carbons (Fsp3) is 0.286. The maximum Gasteiger partial charge on any atom is 0.391 e. The molecule has 0 spiro atoms. The van der Waals surface area contributed by atoms with Gasteiger partial charge in [-0.1, -0.05) is 11.6 Å². The molecule has 158 valence electrons. The average molecular weight is 439 g/mol. The third kappa shape index (κ3) is 5.18. The van der Waals surface area contributed by atoms with Crippen molar-refractivity contribution in [3.05, 3.63) is 74.8 Å². The van der Waals surface area contributed by atoms with Gasteiger partial charge >= 0.3 is 6.18 Å². The summed E-state index contributed by atoms with van der Waals surface area (Å²) < 4.78 is 38.8. The van der Waals surface area contributed by atoms with Gasteiger partial charge in [-0.2, -0.15) is 13.2 Å². The number of hydrogen-bond donors (Lipinski definition) is 0. The highest BCUT2D eigenvalue weighted by Crippen LogP contribution is 2.37. The summed E-state index contributed by atoms with van der Waals surface area (Å²) in [6.07, 6.45) is -1.58. The van der Waals surface area contributed by atoms with Crippen molar-refractivity contribution in [3.63, 3.8) is 0 Å². The van der Waals surface area contributed by atoms with Gasteiger partial charge in [-0.25, -0.2) is 0 Å². The minimum atomic E-state index is -4.23. The van der Waals surface area contributed by atoms with Crippen LogP contribution in [-0.2, 0) is 0 Å². The van der Waals surface area contributed by atoms with E-state index >= 15 is 0 Å². The molecule has 2 aromatic rings. The van der Waals surface area contributed by atoms with Crippen LogP contribution in [0.3, 0.4) is 0 Å². The summed E-state index contributed by atoms with van der Waals surface area (Å²) in [7, 11) is 0. The Morgan fingerprint density at radius 2 is 1.77 bits per heavy atom. The summed E-state index contributed by atoms with van der Waals surface area (Å²) in [6, 6.07) is 10.4. The summed E-state index contributed by atoms with van der Waals surface area (Å²) in [5.41, 5.74) is 1.19. The number of anilines is 1. The number of ketones is 1. The summed E-state index contributed by atoms with van der Waals surface area (Å²) in [4.78, 5) is 24.7. The molecule has 3 rings (SSSR count). The lowest BCUT2D eigenvalue weighted by Gasteiger charge is -2.35. The number of carbonyl (C=O) groups excluding carboxylic acids is 1. The highest BCUT2D eigenvalue weighted by atomic mass is 35.5. The van der Waals surface area contributed by atoms with Crippen LogP contribution in [0.15, 0.2) is 48.5 Å². The third-order valence-electron chi connectivity index (χ3n) is 5.06. The van der Waals surface area contributed by atoms with Crippen molar-refractivity contribution in [1.29, 1.82) is 0 Å². The molecule has 1 aliphatic rings. The number of benzene rings is 2. The van der Waals surface area contributed by atoms with Crippen molar-refractivity contribution in [2.24, 2.45) is 5.92 Å². The third-order valence-corrected chi connectivity index (χ3v) is 5.32. The molecular formula is C21H18ClF3N2O3. The molecule has 9 heteroatoms.